The molecule has 14 heavy (non-hydrogen) atoms. The Morgan fingerprint density at radius 1 is 1.21 bits per heavy atom. The number of aliphatic hydroxyl groups excluding tert-OH is 1. The maximum absolute atomic E-state index is 9.29. The first-order chi connectivity index (χ1) is 6.81. The molecule has 1 atom stereocenters. The van der Waals surface area contributed by atoms with Gasteiger partial charge in [0.05, 0.1) is 0 Å². The van der Waals surface area contributed by atoms with E-state index in [0.717, 1.165) is 45.3 Å². The Kier molecular flexibility index (Phi) is 10.2. The van der Waals surface area contributed by atoms with E-state index in [9.17, 15) is 5.11 Å². The average Bonchev–Trinajstić information content (AvgIpc) is 2.17. The highest BCUT2D eigenvalue weighted by molar-refractivity contribution is 5.01. The number of hydrogen-bond acceptors (Lipinski definition) is 2. The Morgan fingerprint density at radius 2 is 2.00 bits per heavy atom. The minimum absolute atomic E-state index is 0.434. The molecule has 2 nitrogen and oxygen atoms in total. The molecule has 0 spiro atoms. The number of unbranched alkanes of at least 4 members (excludes halogenated alkanes) is 2. The molecular weight excluding hydrogens is 176 g/mol. The molecule has 0 aliphatic heterocycles. The van der Waals surface area contributed by atoms with Gasteiger partial charge in [-0.3, -0.25) is 0 Å². The number of ether oxygens (including phenoxy) is 1. The van der Waals surface area contributed by atoms with Gasteiger partial charge in [0.15, 0.2) is 0 Å². The van der Waals surface area contributed by atoms with Crippen LogP contribution in [-0.2, 0) is 4.74 Å². The molecule has 0 radical (unpaired) electrons. The van der Waals surface area contributed by atoms with Crippen LogP contribution >= 0.6 is 0 Å². The molecule has 0 saturated heterocycles. The molecule has 0 aliphatic carbocycles. The van der Waals surface area contributed by atoms with E-state index in [4.69, 9.17) is 4.74 Å². The zero-order valence-electron chi connectivity index (χ0n) is 9.38. The second-order valence-electron chi connectivity index (χ2n) is 3.37. The van der Waals surface area contributed by atoms with Crippen molar-refractivity contribution in [2.75, 3.05) is 13.2 Å². The first kappa shape index (κ1) is 13.5. The molecule has 0 rings (SSSR count). The second-order valence-corrected chi connectivity index (χ2v) is 3.37. The molecule has 1 N–H and O–H groups in total. The zero-order chi connectivity index (χ0) is 10.6. The molecule has 2 heteroatoms. The lowest BCUT2D eigenvalue weighted by Crippen LogP contribution is -2.02. The van der Waals surface area contributed by atoms with Gasteiger partial charge in [-0.1, -0.05) is 19.3 Å². The molecule has 0 heterocycles. The Labute approximate surface area is 87.7 Å². The third kappa shape index (κ3) is 9.57. The normalized spacial score (nSPS) is 11.9. The summed E-state index contributed by atoms with van der Waals surface area (Å²) >= 11 is 0. The third-order valence-electron chi connectivity index (χ3n) is 1.93. The molecule has 0 aromatic rings. The Morgan fingerprint density at radius 3 is 2.64 bits per heavy atom. The van der Waals surface area contributed by atoms with Crippen molar-refractivity contribution >= 4 is 0 Å². The van der Waals surface area contributed by atoms with Crippen molar-refractivity contribution in [2.45, 2.75) is 52.1 Å². The molecule has 0 aromatic carbocycles. The first-order valence-electron chi connectivity index (χ1n) is 5.49. The van der Waals surface area contributed by atoms with Crippen LogP contribution in [0.25, 0.3) is 0 Å². The summed E-state index contributed by atoms with van der Waals surface area (Å²) in [6, 6.07) is 0. The van der Waals surface area contributed by atoms with Gasteiger partial charge in [-0.15, -0.1) is 5.92 Å². The van der Waals surface area contributed by atoms with Crippen LogP contribution in [0.3, 0.4) is 0 Å². The van der Waals surface area contributed by atoms with E-state index in [1.807, 2.05) is 0 Å². The summed E-state index contributed by atoms with van der Waals surface area (Å²) in [5.74, 6) is 5.44. The Balaban J connectivity index is 3.08. The van der Waals surface area contributed by atoms with Crippen LogP contribution in [0.2, 0.25) is 0 Å². The average molecular weight is 198 g/mol. The van der Waals surface area contributed by atoms with Crippen LogP contribution in [0, 0.1) is 11.8 Å². The van der Waals surface area contributed by atoms with Gasteiger partial charge in [0.2, 0.25) is 0 Å². The second kappa shape index (κ2) is 10.6. The summed E-state index contributed by atoms with van der Waals surface area (Å²) in [4.78, 5) is 0. The van der Waals surface area contributed by atoms with E-state index < -0.39 is 6.10 Å². The number of rotatable bonds is 8. The van der Waals surface area contributed by atoms with E-state index in [0.29, 0.717) is 0 Å². The molecule has 0 aromatic heterocycles. The molecule has 0 fully saturated rings. The van der Waals surface area contributed by atoms with Crippen molar-refractivity contribution in [3.05, 3.63) is 0 Å². The minimum atomic E-state index is -0.434. The maximum Gasteiger partial charge on any atom is 0.114 e. The van der Waals surface area contributed by atoms with Crippen molar-refractivity contribution in [1.82, 2.24) is 0 Å². The maximum atomic E-state index is 9.29. The fourth-order valence-electron chi connectivity index (χ4n) is 1.20. The number of aliphatic hydroxyl groups is 1. The van der Waals surface area contributed by atoms with Crippen LogP contribution < -0.4 is 0 Å². The fraction of sp³-hybridized carbons (Fsp3) is 0.833. The molecule has 0 saturated carbocycles. The monoisotopic (exact) mass is 198 g/mol. The van der Waals surface area contributed by atoms with E-state index in [1.54, 1.807) is 6.92 Å². The summed E-state index contributed by atoms with van der Waals surface area (Å²) in [5, 5.41) is 9.29. The topological polar surface area (TPSA) is 29.5 Å². The van der Waals surface area contributed by atoms with Gasteiger partial charge >= 0.3 is 0 Å². The molecule has 82 valence electrons. The smallest absolute Gasteiger partial charge is 0.114 e. The Bertz CT molecular complexity index is 167. The van der Waals surface area contributed by atoms with Crippen LogP contribution in [0.1, 0.15) is 46.0 Å². The standard InChI is InChI=1S/C12H22O2/c1-3-8-12(13)9-6-5-7-11-14-10-4-2/h12-13H,4-7,9-11H2,1-2H3. The summed E-state index contributed by atoms with van der Waals surface area (Å²) in [5.41, 5.74) is 0. The van der Waals surface area contributed by atoms with E-state index in [1.165, 1.54) is 0 Å². The highest BCUT2D eigenvalue weighted by Gasteiger charge is 1.97. The molecule has 0 bridgehead atoms. The van der Waals surface area contributed by atoms with Crippen LogP contribution in [0.4, 0.5) is 0 Å². The van der Waals surface area contributed by atoms with E-state index in [-0.39, 0.29) is 0 Å². The molecule has 0 aliphatic rings. The van der Waals surface area contributed by atoms with Crippen molar-refractivity contribution in [3.8, 4) is 11.8 Å². The molecular formula is C12H22O2. The predicted molar refractivity (Wildman–Crippen MR) is 59.0 cm³/mol. The van der Waals surface area contributed by atoms with Gasteiger partial charge in [-0.2, -0.15) is 0 Å². The van der Waals surface area contributed by atoms with Crippen LogP contribution in [0.5, 0.6) is 0 Å². The number of hydrogen-bond donors (Lipinski definition) is 1. The lowest BCUT2D eigenvalue weighted by Gasteiger charge is -2.04. The van der Waals surface area contributed by atoms with Crippen LogP contribution in [0.15, 0.2) is 0 Å². The lowest BCUT2D eigenvalue weighted by atomic mass is 10.1. The quantitative estimate of drug-likeness (QED) is 0.479. The van der Waals surface area contributed by atoms with Gasteiger partial charge < -0.3 is 9.84 Å². The minimum Gasteiger partial charge on any atom is -0.381 e. The Hall–Kier alpha value is -0.520. The van der Waals surface area contributed by atoms with E-state index in [2.05, 4.69) is 18.8 Å². The SMILES string of the molecule is CC#CC(O)CCCCCOCCC. The fourth-order valence-corrected chi connectivity index (χ4v) is 1.20. The third-order valence-corrected chi connectivity index (χ3v) is 1.93. The summed E-state index contributed by atoms with van der Waals surface area (Å²) in [6.45, 7) is 5.58. The van der Waals surface area contributed by atoms with Gasteiger partial charge in [0, 0.05) is 13.2 Å². The van der Waals surface area contributed by atoms with Gasteiger partial charge in [-0.25, -0.2) is 0 Å². The predicted octanol–water partition coefficient (Wildman–Crippen LogP) is 2.36. The zero-order valence-corrected chi connectivity index (χ0v) is 9.38. The van der Waals surface area contributed by atoms with Gasteiger partial charge in [0.1, 0.15) is 6.10 Å². The summed E-state index contributed by atoms with van der Waals surface area (Å²) in [7, 11) is 0. The summed E-state index contributed by atoms with van der Waals surface area (Å²) < 4.78 is 5.35. The lowest BCUT2D eigenvalue weighted by molar-refractivity contribution is 0.129. The van der Waals surface area contributed by atoms with Crippen molar-refractivity contribution in [1.29, 1.82) is 0 Å². The van der Waals surface area contributed by atoms with Crippen molar-refractivity contribution < 1.29 is 9.84 Å². The van der Waals surface area contributed by atoms with Crippen LogP contribution in [-0.4, -0.2) is 24.4 Å². The van der Waals surface area contributed by atoms with Crippen molar-refractivity contribution in [2.24, 2.45) is 0 Å². The van der Waals surface area contributed by atoms with E-state index >= 15 is 0 Å². The van der Waals surface area contributed by atoms with Gasteiger partial charge in [0.25, 0.3) is 0 Å². The summed E-state index contributed by atoms with van der Waals surface area (Å²) in [6.07, 6.45) is 4.68. The highest BCUT2D eigenvalue weighted by Crippen LogP contribution is 2.03. The van der Waals surface area contributed by atoms with Crippen molar-refractivity contribution in [3.63, 3.8) is 0 Å². The highest BCUT2D eigenvalue weighted by atomic mass is 16.5. The molecule has 0 amide bonds. The largest absolute Gasteiger partial charge is 0.381 e. The molecule has 1 unspecified atom stereocenters. The first-order valence-corrected chi connectivity index (χ1v) is 5.49. The van der Waals surface area contributed by atoms with Gasteiger partial charge in [-0.05, 0) is 32.6 Å².